The van der Waals surface area contributed by atoms with E-state index in [0.717, 1.165) is 0 Å². The summed E-state index contributed by atoms with van der Waals surface area (Å²) in [5.41, 5.74) is 5.61. The zero-order valence-electron chi connectivity index (χ0n) is 9.38. The topological polar surface area (TPSA) is 75.4 Å². The Morgan fingerprint density at radius 1 is 1.47 bits per heavy atom. The van der Waals surface area contributed by atoms with E-state index in [9.17, 15) is 9.59 Å². The normalized spacial score (nSPS) is 9.47. The van der Waals surface area contributed by atoms with Gasteiger partial charge in [0.15, 0.2) is 0 Å². The Kier molecular flexibility index (Phi) is 6.17. The molecule has 0 aromatic rings. The van der Waals surface area contributed by atoms with E-state index in [1.54, 1.807) is 6.92 Å². The first-order valence-corrected chi connectivity index (χ1v) is 4.97. The molecule has 0 saturated carbocycles. The Morgan fingerprint density at radius 3 is 2.47 bits per heavy atom. The monoisotopic (exact) mass is 213 g/mol. The van der Waals surface area contributed by atoms with Gasteiger partial charge in [-0.2, -0.15) is 0 Å². The van der Waals surface area contributed by atoms with Crippen molar-refractivity contribution in [3.63, 3.8) is 0 Å². The van der Waals surface area contributed by atoms with Gasteiger partial charge in [-0.05, 0) is 20.3 Å². The third-order valence-electron chi connectivity index (χ3n) is 1.97. The second kappa shape index (κ2) is 6.86. The number of primary amides is 1. The van der Waals surface area contributed by atoms with Crippen LogP contribution in [0.2, 0.25) is 0 Å². The van der Waals surface area contributed by atoms with Gasteiger partial charge in [-0.25, -0.2) is 4.79 Å². The predicted octanol–water partition coefficient (Wildman–Crippen LogP) is 0.469. The van der Waals surface area contributed by atoms with Crippen molar-refractivity contribution in [1.82, 2.24) is 10.2 Å². The zero-order valence-corrected chi connectivity index (χ0v) is 9.38. The van der Waals surface area contributed by atoms with Crippen LogP contribution in [0.5, 0.6) is 0 Å². The van der Waals surface area contributed by atoms with Gasteiger partial charge in [0, 0.05) is 25.2 Å². The molecular formula is C10H19N3O2. The van der Waals surface area contributed by atoms with Gasteiger partial charge in [0.2, 0.25) is 5.91 Å². The summed E-state index contributed by atoms with van der Waals surface area (Å²) in [4.78, 5) is 23.4. The minimum atomic E-state index is -0.427. The van der Waals surface area contributed by atoms with E-state index in [2.05, 4.69) is 11.9 Å². The summed E-state index contributed by atoms with van der Waals surface area (Å²) in [5.74, 6) is -0.155. The molecule has 0 saturated heterocycles. The van der Waals surface area contributed by atoms with E-state index in [0.29, 0.717) is 31.6 Å². The number of rotatable bonds is 6. The first kappa shape index (κ1) is 13.5. The Labute approximate surface area is 90.3 Å². The van der Waals surface area contributed by atoms with Gasteiger partial charge in [-0.1, -0.05) is 6.58 Å². The van der Waals surface area contributed by atoms with Crippen LogP contribution < -0.4 is 11.1 Å². The van der Waals surface area contributed by atoms with E-state index in [-0.39, 0.29) is 5.91 Å². The van der Waals surface area contributed by atoms with E-state index < -0.39 is 6.03 Å². The van der Waals surface area contributed by atoms with Crippen LogP contribution >= 0.6 is 0 Å². The lowest BCUT2D eigenvalue weighted by atomic mass is 10.3. The predicted molar refractivity (Wildman–Crippen MR) is 59.3 cm³/mol. The number of nitrogens with one attached hydrogen (secondary N) is 1. The number of carbonyl (C=O) groups excluding carboxylic acids is 2. The molecule has 0 radical (unpaired) electrons. The van der Waals surface area contributed by atoms with Gasteiger partial charge in [-0.3, -0.25) is 4.79 Å². The van der Waals surface area contributed by atoms with Crippen LogP contribution in [0, 0.1) is 0 Å². The molecule has 0 atom stereocenters. The van der Waals surface area contributed by atoms with Gasteiger partial charge in [0.1, 0.15) is 0 Å². The Bertz CT molecular complexity index is 251. The average Bonchev–Trinajstić information content (AvgIpc) is 2.16. The van der Waals surface area contributed by atoms with Crippen molar-refractivity contribution in [2.75, 3.05) is 19.6 Å². The number of urea groups is 1. The lowest BCUT2D eigenvalue weighted by Crippen LogP contribution is -2.37. The van der Waals surface area contributed by atoms with Gasteiger partial charge in [0.25, 0.3) is 0 Å². The van der Waals surface area contributed by atoms with Crippen molar-refractivity contribution < 1.29 is 9.59 Å². The fraction of sp³-hybridized carbons (Fsp3) is 0.600. The van der Waals surface area contributed by atoms with Crippen LogP contribution in [-0.4, -0.2) is 36.5 Å². The Balaban J connectivity index is 3.66. The third kappa shape index (κ3) is 5.72. The molecule has 0 aliphatic heterocycles. The maximum Gasteiger partial charge on any atom is 0.314 e. The molecule has 0 spiro atoms. The average molecular weight is 213 g/mol. The number of nitrogens with zero attached hydrogens (tertiary/aromatic N) is 1. The molecule has 5 heteroatoms. The molecule has 0 unspecified atom stereocenters. The highest BCUT2D eigenvalue weighted by Crippen LogP contribution is 1.91. The summed E-state index contributed by atoms with van der Waals surface area (Å²) in [6.45, 7) is 8.69. The molecule has 0 rings (SSSR count). The van der Waals surface area contributed by atoms with E-state index in [4.69, 9.17) is 5.73 Å². The van der Waals surface area contributed by atoms with Gasteiger partial charge in [-0.15, -0.1) is 0 Å². The number of amides is 3. The van der Waals surface area contributed by atoms with E-state index in [1.807, 2.05) is 6.92 Å². The van der Waals surface area contributed by atoms with E-state index >= 15 is 0 Å². The molecule has 0 bridgehead atoms. The molecule has 5 nitrogen and oxygen atoms in total. The summed E-state index contributed by atoms with van der Waals surface area (Å²) in [5, 5.41) is 2.68. The minimum Gasteiger partial charge on any atom is -0.352 e. The van der Waals surface area contributed by atoms with Gasteiger partial charge in [0.05, 0.1) is 0 Å². The van der Waals surface area contributed by atoms with Crippen molar-refractivity contribution in [3.8, 4) is 0 Å². The lowest BCUT2D eigenvalue weighted by Gasteiger charge is -2.17. The molecule has 0 heterocycles. The first-order valence-electron chi connectivity index (χ1n) is 4.97. The van der Waals surface area contributed by atoms with Crippen LogP contribution in [0.3, 0.4) is 0 Å². The number of hydrogen-bond donors (Lipinski definition) is 2. The zero-order chi connectivity index (χ0) is 11.8. The highest BCUT2D eigenvalue weighted by Gasteiger charge is 2.06. The van der Waals surface area contributed by atoms with Crippen molar-refractivity contribution in [2.24, 2.45) is 5.73 Å². The second-order valence-corrected chi connectivity index (χ2v) is 3.31. The summed E-state index contributed by atoms with van der Waals surface area (Å²) >= 11 is 0. The molecule has 0 aromatic carbocycles. The fourth-order valence-corrected chi connectivity index (χ4v) is 1.05. The highest BCUT2D eigenvalue weighted by molar-refractivity contribution is 5.92. The van der Waals surface area contributed by atoms with Crippen LogP contribution in [0.4, 0.5) is 4.79 Å². The van der Waals surface area contributed by atoms with Crippen LogP contribution in [0.25, 0.3) is 0 Å². The van der Waals surface area contributed by atoms with Crippen LogP contribution in [0.1, 0.15) is 20.3 Å². The standard InChI is InChI=1S/C10H19N3O2/c1-4-13(10(11)15)7-5-6-12-9(14)8(2)3/h2,4-7H2,1,3H3,(H2,11,15)(H,12,14). The number of carbonyl (C=O) groups is 2. The molecule has 3 amide bonds. The molecule has 3 N–H and O–H groups in total. The summed E-state index contributed by atoms with van der Waals surface area (Å²) in [7, 11) is 0. The molecule has 15 heavy (non-hydrogen) atoms. The van der Waals surface area contributed by atoms with Crippen molar-refractivity contribution in [3.05, 3.63) is 12.2 Å². The molecule has 0 aromatic heterocycles. The number of nitrogens with two attached hydrogens (primary N) is 1. The van der Waals surface area contributed by atoms with Gasteiger partial charge < -0.3 is 16.0 Å². The van der Waals surface area contributed by atoms with Crippen LogP contribution in [-0.2, 0) is 4.79 Å². The third-order valence-corrected chi connectivity index (χ3v) is 1.97. The minimum absolute atomic E-state index is 0.155. The van der Waals surface area contributed by atoms with Gasteiger partial charge >= 0.3 is 6.03 Å². The fourth-order valence-electron chi connectivity index (χ4n) is 1.05. The highest BCUT2D eigenvalue weighted by atomic mass is 16.2. The number of hydrogen-bond acceptors (Lipinski definition) is 2. The Morgan fingerprint density at radius 2 is 2.07 bits per heavy atom. The SMILES string of the molecule is C=C(C)C(=O)NCCCN(CC)C(N)=O. The molecule has 0 aliphatic carbocycles. The Hall–Kier alpha value is -1.52. The van der Waals surface area contributed by atoms with Crippen molar-refractivity contribution in [1.29, 1.82) is 0 Å². The summed E-state index contributed by atoms with van der Waals surface area (Å²) in [6, 6.07) is -0.427. The van der Waals surface area contributed by atoms with Crippen molar-refractivity contribution >= 4 is 11.9 Å². The summed E-state index contributed by atoms with van der Waals surface area (Å²) in [6.07, 6.45) is 0.690. The lowest BCUT2D eigenvalue weighted by molar-refractivity contribution is -0.117. The smallest absolute Gasteiger partial charge is 0.314 e. The van der Waals surface area contributed by atoms with Crippen LogP contribution in [0.15, 0.2) is 12.2 Å². The largest absolute Gasteiger partial charge is 0.352 e. The first-order chi connectivity index (χ1) is 6.99. The molecule has 0 aliphatic rings. The maximum atomic E-state index is 11.1. The summed E-state index contributed by atoms with van der Waals surface area (Å²) < 4.78 is 0. The molecule has 0 fully saturated rings. The molecular weight excluding hydrogens is 194 g/mol. The second-order valence-electron chi connectivity index (χ2n) is 3.31. The molecule has 86 valence electrons. The van der Waals surface area contributed by atoms with E-state index in [1.165, 1.54) is 4.90 Å². The quantitative estimate of drug-likeness (QED) is 0.497. The maximum absolute atomic E-state index is 11.1. The van der Waals surface area contributed by atoms with Crippen molar-refractivity contribution in [2.45, 2.75) is 20.3 Å².